The third kappa shape index (κ3) is 4.77. The average Bonchev–Trinajstić information content (AvgIpc) is 2.96. The van der Waals surface area contributed by atoms with E-state index in [0.717, 1.165) is 25.7 Å². The molecular weight excluding hydrogens is 372 g/mol. The molecule has 0 aromatic heterocycles. The number of carbonyl (C=O) groups is 1. The molecule has 0 amide bonds. The van der Waals surface area contributed by atoms with Crippen molar-refractivity contribution in [3.8, 4) is 0 Å². The van der Waals surface area contributed by atoms with Gasteiger partial charge in [0.1, 0.15) is 5.78 Å². The Bertz CT molecular complexity index is 786. The smallest absolute Gasteiger partial charge is 0.184 e. The van der Waals surface area contributed by atoms with Crippen LogP contribution in [0.15, 0.2) is 35.9 Å². The third-order valence-electron chi connectivity index (χ3n) is 7.28. The van der Waals surface area contributed by atoms with Gasteiger partial charge in [-0.05, 0) is 95.0 Å². The second-order valence-corrected chi connectivity index (χ2v) is 15.5. The van der Waals surface area contributed by atoms with Crippen LogP contribution in [-0.4, -0.2) is 14.1 Å². The van der Waals surface area contributed by atoms with Crippen LogP contribution in [0.5, 0.6) is 0 Å². The standard InChI is InChI=1S/C26H40O2Si/c1-19(21-16-17-23-24(27)13-10-18-26(21,23)4)14-15-20-11-8-9-12-22(20)25(2,3)28-29(5,6)7/h8-9,11-12,14,21,23H,10,13,15-18H2,1-7H3/b19-14-/t21?,23?,26-/m1/s1. The predicted octanol–water partition coefficient (Wildman–Crippen LogP) is 7.05. The van der Waals surface area contributed by atoms with Crippen LogP contribution in [0.3, 0.4) is 0 Å². The number of carbonyl (C=O) groups excluding carboxylic acids is 1. The highest BCUT2D eigenvalue weighted by atomic mass is 28.4. The first-order valence-electron chi connectivity index (χ1n) is 11.4. The van der Waals surface area contributed by atoms with Crippen molar-refractivity contribution >= 4 is 14.1 Å². The molecule has 29 heavy (non-hydrogen) atoms. The van der Waals surface area contributed by atoms with E-state index in [1.54, 1.807) is 0 Å². The maximum Gasteiger partial charge on any atom is 0.184 e. The Kier molecular flexibility index (Phi) is 6.32. The monoisotopic (exact) mass is 412 g/mol. The molecule has 0 spiro atoms. The molecule has 0 heterocycles. The molecule has 2 aliphatic carbocycles. The van der Waals surface area contributed by atoms with Crippen molar-refractivity contribution in [3.05, 3.63) is 47.0 Å². The molecular formula is C26H40O2Si. The van der Waals surface area contributed by atoms with E-state index in [1.165, 1.54) is 29.5 Å². The number of hydrogen-bond acceptors (Lipinski definition) is 2. The van der Waals surface area contributed by atoms with Gasteiger partial charge in [0.25, 0.3) is 0 Å². The first kappa shape index (κ1) is 22.5. The lowest BCUT2D eigenvalue weighted by molar-refractivity contribution is -0.129. The van der Waals surface area contributed by atoms with Gasteiger partial charge in [0.15, 0.2) is 8.32 Å². The van der Waals surface area contributed by atoms with Crippen molar-refractivity contribution in [1.82, 2.24) is 0 Å². The molecule has 3 rings (SSSR count). The minimum absolute atomic E-state index is 0.176. The predicted molar refractivity (Wildman–Crippen MR) is 125 cm³/mol. The molecule has 2 unspecified atom stereocenters. The van der Waals surface area contributed by atoms with E-state index in [0.29, 0.717) is 17.6 Å². The Hall–Kier alpha value is -1.19. The molecule has 0 bridgehead atoms. The molecule has 3 atom stereocenters. The van der Waals surface area contributed by atoms with Gasteiger partial charge in [0, 0.05) is 12.3 Å². The molecule has 160 valence electrons. The van der Waals surface area contributed by atoms with Gasteiger partial charge in [0.2, 0.25) is 0 Å². The summed E-state index contributed by atoms with van der Waals surface area (Å²) in [5.41, 5.74) is 4.03. The fraction of sp³-hybridized carbons (Fsp3) is 0.654. The largest absolute Gasteiger partial charge is 0.409 e. The molecule has 2 saturated carbocycles. The summed E-state index contributed by atoms with van der Waals surface area (Å²) >= 11 is 0. The van der Waals surface area contributed by atoms with Crippen LogP contribution in [0.2, 0.25) is 19.6 Å². The number of benzene rings is 1. The Morgan fingerprint density at radius 1 is 1.24 bits per heavy atom. The molecule has 2 nitrogen and oxygen atoms in total. The lowest BCUT2D eigenvalue weighted by atomic mass is 9.63. The van der Waals surface area contributed by atoms with Crippen molar-refractivity contribution in [2.75, 3.05) is 0 Å². The maximum atomic E-state index is 12.5. The lowest BCUT2D eigenvalue weighted by Crippen LogP contribution is -2.37. The van der Waals surface area contributed by atoms with E-state index in [-0.39, 0.29) is 11.0 Å². The average molecular weight is 413 g/mol. The molecule has 1 aromatic rings. The quantitative estimate of drug-likeness (QED) is 0.370. The van der Waals surface area contributed by atoms with Gasteiger partial charge in [-0.3, -0.25) is 4.79 Å². The van der Waals surface area contributed by atoms with Crippen LogP contribution < -0.4 is 0 Å². The number of ketones is 1. The van der Waals surface area contributed by atoms with E-state index in [4.69, 9.17) is 4.43 Å². The Balaban J connectivity index is 1.81. The summed E-state index contributed by atoms with van der Waals surface area (Å²) in [6, 6.07) is 8.74. The van der Waals surface area contributed by atoms with Gasteiger partial charge in [0.05, 0.1) is 5.60 Å². The minimum Gasteiger partial charge on any atom is -0.409 e. The number of fused-ring (bicyclic) bond motifs is 1. The van der Waals surface area contributed by atoms with Crippen LogP contribution in [0.25, 0.3) is 0 Å². The SMILES string of the molecule is C/C(=C/Cc1ccccc1C(C)(C)O[Si](C)(C)C)C1CCC2C(=O)CCC[C@@]21C. The second kappa shape index (κ2) is 8.15. The molecule has 0 aliphatic heterocycles. The van der Waals surface area contributed by atoms with Crippen molar-refractivity contribution in [2.45, 2.75) is 91.5 Å². The van der Waals surface area contributed by atoms with E-state index in [1.807, 2.05) is 0 Å². The van der Waals surface area contributed by atoms with Crippen molar-refractivity contribution in [1.29, 1.82) is 0 Å². The van der Waals surface area contributed by atoms with Gasteiger partial charge in [-0.25, -0.2) is 0 Å². The number of Topliss-reactive ketones (excluding diaryl/α,β-unsaturated/α-hetero) is 1. The normalized spacial score (nSPS) is 28.5. The van der Waals surface area contributed by atoms with Crippen LogP contribution >= 0.6 is 0 Å². The molecule has 1 aromatic carbocycles. The van der Waals surface area contributed by atoms with E-state index < -0.39 is 8.32 Å². The first-order chi connectivity index (χ1) is 13.4. The third-order valence-corrected chi connectivity index (χ3v) is 8.41. The molecule has 0 N–H and O–H groups in total. The fourth-order valence-electron chi connectivity index (χ4n) is 6.20. The molecule has 2 aliphatic rings. The summed E-state index contributed by atoms with van der Waals surface area (Å²) in [6.07, 6.45) is 8.69. The summed E-state index contributed by atoms with van der Waals surface area (Å²) in [5.74, 6) is 1.36. The zero-order valence-corrected chi connectivity index (χ0v) is 20.6. The van der Waals surface area contributed by atoms with Crippen molar-refractivity contribution < 1.29 is 9.22 Å². The highest BCUT2D eigenvalue weighted by Crippen LogP contribution is 2.56. The highest BCUT2D eigenvalue weighted by molar-refractivity contribution is 6.69. The summed E-state index contributed by atoms with van der Waals surface area (Å²) in [5, 5.41) is 0. The molecule has 2 fully saturated rings. The van der Waals surface area contributed by atoms with Gasteiger partial charge < -0.3 is 4.43 Å². The van der Waals surface area contributed by atoms with Gasteiger partial charge in [-0.1, -0.05) is 42.8 Å². The topological polar surface area (TPSA) is 26.3 Å². The first-order valence-corrected chi connectivity index (χ1v) is 14.8. The van der Waals surface area contributed by atoms with E-state index in [2.05, 4.69) is 77.7 Å². The van der Waals surface area contributed by atoms with Crippen LogP contribution in [-0.2, 0) is 21.2 Å². The Morgan fingerprint density at radius 2 is 1.93 bits per heavy atom. The van der Waals surface area contributed by atoms with Gasteiger partial charge >= 0.3 is 0 Å². The van der Waals surface area contributed by atoms with Crippen molar-refractivity contribution in [3.63, 3.8) is 0 Å². The Labute approximate surface area is 179 Å². The fourth-order valence-corrected chi connectivity index (χ4v) is 7.84. The molecule has 3 heteroatoms. The van der Waals surface area contributed by atoms with E-state index >= 15 is 0 Å². The van der Waals surface area contributed by atoms with E-state index in [9.17, 15) is 4.79 Å². The number of hydrogen-bond donors (Lipinski definition) is 0. The second-order valence-electron chi connectivity index (χ2n) is 11.0. The Morgan fingerprint density at radius 3 is 2.62 bits per heavy atom. The molecule has 0 saturated heterocycles. The van der Waals surface area contributed by atoms with Crippen molar-refractivity contribution in [2.24, 2.45) is 17.3 Å². The van der Waals surface area contributed by atoms with Gasteiger partial charge in [-0.15, -0.1) is 0 Å². The summed E-state index contributed by atoms with van der Waals surface area (Å²) in [4.78, 5) is 12.5. The van der Waals surface area contributed by atoms with Gasteiger partial charge in [-0.2, -0.15) is 0 Å². The van der Waals surface area contributed by atoms with Crippen LogP contribution in [0.1, 0.15) is 70.9 Å². The zero-order chi connectivity index (χ0) is 21.4. The summed E-state index contributed by atoms with van der Waals surface area (Å²) < 4.78 is 6.54. The lowest BCUT2D eigenvalue weighted by Gasteiger charge is -2.40. The molecule has 0 radical (unpaired) electrons. The summed E-state index contributed by atoms with van der Waals surface area (Å²) in [7, 11) is -1.65. The summed E-state index contributed by atoms with van der Waals surface area (Å²) in [6.45, 7) is 15.8. The highest BCUT2D eigenvalue weighted by Gasteiger charge is 2.51. The van der Waals surface area contributed by atoms with Crippen LogP contribution in [0.4, 0.5) is 0 Å². The van der Waals surface area contributed by atoms with Crippen LogP contribution in [0, 0.1) is 17.3 Å². The zero-order valence-electron chi connectivity index (χ0n) is 19.6. The number of allylic oxidation sites excluding steroid dienone is 2. The number of rotatable bonds is 6. The maximum absolute atomic E-state index is 12.5. The minimum atomic E-state index is -1.65.